The molecule has 0 spiro atoms. The molecule has 108 valence electrons. The van der Waals surface area contributed by atoms with Crippen LogP contribution >= 0.6 is 0 Å². The second kappa shape index (κ2) is 11.6. The zero-order valence-corrected chi connectivity index (χ0v) is 14.0. The Morgan fingerprint density at radius 2 is 1.21 bits per heavy atom. The van der Waals surface area contributed by atoms with Crippen LogP contribution in [-0.2, 0) is 7.05 Å². The predicted molar refractivity (Wildman–Crippen MR) is 91.7 cm³/mol. The van der Waals surface area contributed by atoms with E-state index < -0.39 is 0 Å². The van der Waals surface area contributed by atoms with Gasteiger partial charge in [0.15, 0.2) is 0 Å². The summed E-state index contributed by atoms with van der Waals surface area (Å²) >= 11 is 0. The minimum Gasteiger partial charge on any atom is -0.344 e. The molecule has 1 rings (SSSR count). The lowest BCUT2D eigenvalue weighted by Gasteiger charge is -1.91. The second-order valence-corrected chi connectivity index (χ2v) is 3.43. The molecule has 0 aliphatic heterocycles. The highest BCUT2D eigenvalue weighted by molar-refractivity contribution is 5.40. The van der Waals surface area contributed by atoms with Crippen molar-refractivity contribution in [3.8, 4) is 0 Å². The van der Waals surface area contributed by atoms with Gasteiger partial charge in [-0.3, -0.25) is 0 Å². The van der Waals surface area contributed by atoms with Crippen LogP contribution in [-0.4, -0.2) is 4.57 Å². The number of hydrogen-bond donors (Lipinski definition) is 0. The predicted octanol–water partition coefficient (Wildman–Crippen LogP) is 2.45. The van der Waals surface area contributed by atoms with Gasteiger partial charge in [-0.1, -0.05) is 58.6 Å². The highest BCUT2D eigenvalue weighted by Crippen LogP contribution is 1.66. The lowest BCUT2D eigenvalue weighted by atomic mass is 10.3. The van der Waals surface area contributed by atoms with Gasteiger partial charge in [-0.15, -0.1) is 0 Å². The summed E-state index contributed by atoms with van der Waals surface area (Å²) in [5.74, 6) is 0. The fraction of sp³-hybridized carbons (Fsp3) is 0.444. The number of hydrogen-bond acceptors (Lipinski definition) is 0. The number of allylic oxidation sites excluding steroid dienone is 1. The number of aromatic nitrogens is 1. The Morgan fingerprint density at radius 1 is 0.789 bits per heavy atom. The number of nitrogens with zero attached hydrogens (tertiary/aromatic N) is 1. The van der Waals surface area contributed by atoms with Crippen LogP contribution in [0.5, 0.6) is 0 Å². The molecule has 0 saturated carbocycles. The Morgan fingerprint density at radius 3 is 1.53 bits per heavy atom. The molecule has 0 unspecified atom stereocenters. The summed E-state index contributed by atoms with van der Waals surface area (Å²) in [6.45, 7) is 18.0. The van der Waals surface area contributed by atoms with Gasteiger partial charge in [-0.2, -0.15) is 0 Å². The summed E-state index contributed by atoms with van der Waals surface area (Å²) in [4.78, 5) is 0. The second-order valence-electron chi connectivity index (χ2n) is 3.43. The first kappa shape index (κ1) is 19.8. The molecule has 0 N–H and O–H groups in total. The minimum atomic E-state index is 1.22. The van der Waals surface area contributed by atoms with E-state index in [2.05, 4.69) is 63.3 Å². The molecule has 19 heavy (non-hydrogen) atoms. The monoisotopic (exact) mass is 261 g/mol. The van der Waals surface area contributed by atoms with Gasteiger partial charge in [-0.25, -0.2) is 0 Å². The molecule has 0 aliphatic rings. The van der Waals surface area contributed by atoms with Crippen molar-refractivity contribution in [2.45, 2.75) is 48.5 Å². The first-order chi connectivity index (χ1) is 9.21. The van der Waals surface area contributed by atoms with Gasteiger partial charge in [0.05, 0.1) is 0 Å². The summed E-state index contributed by atoms with van der Waals surface area (Å²) in [5.41, 5.74) is 0. The van der Waals surface area contributed by atoms with Crippen molar-refractivity contribution < 1.29 is 0 Å². The van der Waals surface area contributed by atoms with Crippen LogP contribution in [0.25, 0.3) is 24.3 Å². The SMILES string of the molecule is C=C\C=c1c(=C\C)/c(=C/C)c(=C\C)/n/1C.CC.CC. The molecule has 1 aromatic rings. The van der Waals surface area contributed by atoms with Crippen molar-refractivity contribution in [1.82, 2.24) is 4.57 Å². The topological polar surface area (TPSA) is 4.93 Å². The molecule has 0 aliphatic carbocycles. The van der Waals surface area contributed by atoms with Crippen LogP contribution in [0.4, 0.5) is 0 Å². The smallest absolute Gasteiger partial charge is 0.0484 e. The molecule has 1 aromatic heterocycles. The highest BCUT2D eigenvalue weighted by atomic mass is 14.9. The Hall–Kier alpha value is -1.50. The Bertz CT molecular complexity index is 583. The van der Waals surface area contributed by atoms with Gasteiger partial charge in [0.2, 0.25) is 0 Å². The Labute approximate surface area is 119 Å². The van der Waals surface area contributed by atoms with Crippen molar-refractivity contribution in [2.75, 3.05) is 0 Å². The van der Waals surface area contributed by atoms with Crippen LogP contribution in [0.2, 0.25) is 0 Å². The van der Waals surface area contributed by atoms with Gasteiger partial charge in [0.25, 0.3) is 0 Å². The summed E-state index contributed by atoms with van der Waals surface area (Å²) < 4.78 is 2.20. The van der Waals surface area contributed by atoms with E-state index in [0.29, 0.717) is 0 Å². The standard InChI is InChI=1S/C14H19N.2C2H6/c1-6-10-14-12(8-3)11(7-2)13(9-4)15(14)5;2*1-2/h6-10H,1H2,2-5H3;2*1-2H3/b11-7-,12-8-,13-9+,14-10+;;. The molecule has 0 radical (unpaired) electrons. The van der Waals surface area contributed by atoms with Crippen LogP contribution in [0.3, 0.4) is 0 Å². The largest absolute Gasteiger partial charge is 0.344 e. The zero-order valence-electron chi connectivity index (χ0n) is 14.0. The summed E-state index contributed by atoms with van der Waals surface area (Å²) in [7, 11) is 2.09. The summed E-state index contributed by atoms with van der Waals surface area (Å²) in [5, 5.41) is 5.07. The summed E-state index contributed by atoms with van der Waals surface area (Å²) in [6, 6.07) is 0. The van der Waals surface area contributed by atoms with Gasteiger partial charge in [0, 0.05) is 28.2 Å². The van der Waals surface area contributed by atoms with Crippen molar-refractivity contribution in [3.63, 3.8) is 0 Å². The lowest BCUT2D eigenvalue weighted by Crippen LogP contribution is -2.36. The molecule has 0 aromatic carbocycles. The third-order valence-electron chi connectivity index (χ3n) is 2.69. The molecule has 0 bridgehead atoms. The normalized spacial score (nSPS) is 13.7. The van der Waals surface area contributed by atoms with Crippen molar-refractivity contribution in [1.29, 1.82) is 0 Å². The van der Waals surface area contributed by atoms with E-state index >= 15 is 0 Å². The van der Waals surface area contributed by atoms with Crippen LogP contribution < -0.4 is 21.1 Å². The van der Waals surface area contributed by atoms with E-state index in [9.17, 15) is 0 Å². The van der Waals surface area contributed by atoms with E-state index in [1.807, 2.05) is 33.8 Å². The lowest BCUT2D eigenvalue weighted by molar-refractivity contribution is 0.854. The third kappa shape index (κ3) is 4.59. The summed E-state index contributed by atoms with van der Waals surface area (Å²) in [6.07, 6.45) is 10.3. The quantitative estimate of drug-likeness (QED) is 0.732. The van der Waals surface area contributed by atoms with E-state index in [1.165, 1.54) is 21.1 Å². The molecular formula is C18H31N. The third-order valence-corrected chi connectivity index (χ3v) is 2.69. The minimum absolute atomic E-state index is 1.22. The maximum Gasteiger partial charge on any atom is 0.0484 e. The molecule has 1 nitrogen and oxygen atoms in total. The number of rotatable bonds is 1. The van der Waals surface area contributed by atoms with Crippen LogP contribution in [0.15, 0.2) is 12.7 Å². The van der Waals surface area contributed by atoms with Gasteiger partial charge < -0.3 is 4.57 Å². The first-order valence-corrected chi connectivity index (χ1v) is 7.27. The Balaban J connectivity index is 0. The Kier molecular flexibility index (Phi) is 12.1. The molecule has 0 amide bonds. The van der Waals surface area contributed by atoms with Gasteiger partial charge in [0.1, 0.15) is 0 Å². The maximum absolute atomic E-state index is 3.76. The van der Waals surface area contributed by atoms with E-state index in [-0.39, 0.29) is 0 Å². The highest BCUT2D eigenvalue weighted by Gasteiger charge is 1.96. The van der Waals surface area contributed by atoms with E-state index in [4.69, 9.17) is 0 Å². The fourth-order valence-electron chi connectivity index (χ4n) is 2.04. The average molecular weight is 261 g/mol. The van der Waals surface area contributed by atoms with Crippen molar-refractivity contribution >= 4 is 24.3 Å². The van der Waals surface area contributed by atoms with Crippen LogP contribution in [0.1, 0.15) is 48.5 Å². The van der Waals surface area contributed by atoms with E-state index in [0.717, 1.165) is 0 Å². The average Bonchev–Trinajstić information content (AvgIpc) is 2.75. The zero-order chi connectivity index (χ0) is 15.4. The first-order valence-electron chi connectivity index (χ1n) is 7.27. The van der Waals surface area contributed by atoms with Gasteiger partial charge in [-0.05, 0) is 26.8 Å². The molecule has 0 fully saturated rings. The fourth-order valence-corrected chi connectivity index (χ4v) is 2.04. The van der Waals surface area contributed by atoms with Gasteiger partial charge >= 0.3 is 0 Å². The molecule has 1 heteroatoms. The molecule has 1 heterocycles. The molecule has 0 saturated heterocycles. The van der Waals surface area contributed by atoms with Crippen molar-refractivity contribution in [3.05, 3.63) is 33.8 Å². The van der Waals surface area contributed by atoms with Crippen molar-refractivity contribution in [2.24, 2.45) is 7.05 Å². The van der Waals surface area contributed by atoms with E-state index in [1.54, 1.807) is 0 Å². The van der Waals surface area contributed by atoms with Crippen LogP contribution in [0, 0.1) is 0 Å². The molecular weight excluding hydrogens is 230 g/mol. The molecule has 0 atom stereocenters. The maximum atomic E-state index is 3.76.